The number of hydrogen-bond donors (Lipinski definition) is 0. The molecule has 30 heavy (non-hydrogen) atoms. The van der Waals surface area contributed by atoms with Crippen LogP contribution in [0.2, 0.25) is 0 Å². The van der Waals surface area contributed by atoms with E-state index in [-0.39, 0.29) is 5.56 Å². The topological polar surface area (TPSA) is 13.0 Å². The number of anilines is 2. The molecule has 0 aliphatic carbocycles. The zero-order valence-electron chi connectivity index (χ0n) is 17.7. The van der Waals surface area contributed by atoms with Gasteiger partial charge in [-0.1, -0.05) is 12.1 Å². The Labute approximate surface area is 194 Å². The van der Waals surface area contributed by atoms with Gasteiger partial charge in [-0.2, -0.15) is 10.0 Å². The van der Waals surface area contributed by atoms with Crippen LogP contribution in [-0.4, -0.2) is 48.5 Å². The first-order valence-corrected chi connectivity index (χ1v) is 16.8. The van der Waals surface area contributed by atoms with Gasteiger partial charge in [-0.3, -0.25) is 0 Å². The van der Waals surface area contributed by atoms with Crippen LogP contribution < -0.4 is 15.1 Å². The van der Waals surface area contributed by atoms with Crippen molar-refractivity contribution in [3.05, 3.63) is 66.8 Å². The maximum absolute atomic E-state index is 2.73. The third-order valence-corrected chi connectivity index (χ3v) is 14.8. The Kier molecular flexibility index (Phi) is 4.23. The van der Waals surface area contributed by atoms with Crippen LogP contribution in [0.15, 0.2) is 71.0 Å². The van der Waals surface area contributed by atoms with Crippen molar-refractivity contribution in [2.45, 2.75) is 28.3 Å². The minimum Gasteiger partial charge on any atom is -0.358 e. The van der Waals surface area contributed by atoms with Crippen LogP contribution in [0.5, 0.6) is 0 Å². The van der Waals surface area contributed by atoms with Gasteiger partial charge in [0.25, 0.3) is 0 Å². The van der Waals surface area contributed by atoms with E-state index in [0.29, 0.717) is 12.1 Å². The average Bonchev–Trinajstić information content (AvgIpc) is 3.46. The molecule has 4 nitrogen and oxygen atoms in total. The lowest BCUT2D eigenvalue weighted by atomic mass is 10.1. The maximum atomic E-state index is 2.73. The van der Waals surface area contributed by atoms with Gasteiger partial charge in [-0.25, -0.2) is 0 Å². The second-order valence-electron chi connectivity index (χ2n) is 8.79. The van der Waals surface area contributed by atoms with Crippen molar-refractivity contribution < 1.29 is 0 Å². The van der Waals surface area contributed by atoms with Crippen LogP contribution in [0, 0.1) is 0 Å². The summed E-state index contributed by atoms with van der Waals surface area (Å²) in [5, 5.41) is 1.60. The first-order valence-electron chi connectivity index (χ1n) is 10.2. The molecule has 0 saturated heterocycles. The van der Waals surface area contributed by atoms with E-state index in [0.717, 1.165) is 6.42 Å². The summed E-state index contributed by atoms with van der Waals surface area (Å²) in [6, 6.07) is 14.0. The number of likely N-dealkylation sites (N-methyl/N-ethyl adjacent to an activating group) is 1. The highest BCUT2D eigenvalue weighted by molar-refractivity contribution is 14.2. The molecule has 7 heteroatoms. The molecular formula is C23H26IN4PS. The summed E-state index contributed by atoms with van der Waals surface area (Å²) in [6.45, 7) is 0. The Hall–Kier alpha value is -1.37. The summed E-state index contributed by atoms with van der Waals surface area (Å²) in [6.07, 6.45) is 15.4. The molecular weight excluding hydrogens is 522 g/mol. The van der Waals surface area contributed by atoms with Gasteiger partial charge in [0.2, 0.25) is 0 Å². The van der Waals surface area contributed by atoms with Crippen molar-refractivity contribution in [3.63, 3.8) is 0 Å². The molecule has 4 aliphatic heterocycles. The van der Waals surface area contributed by atoms with Crippen LogP contribution >= 0.6 is 37.6 Å². The molecule has 6 rings (SSSR count). The van der Waals surface area contributed by atoms with Crippen molar-refractivity contribution in [1.29, 1.82) is 0 Å². The van der Waals surface area contributed by atoms with E-state index in [1.54, 1.807) is 20.7 Å². The first-order chi connectivity index (χ1) is 14.4. The van der Waals surface area contributed by atoms with E-state index in [4.69, 9.17) is 0 Å². The smallest absolute Gasteiger partial charge is 0.138 e. The lowest BCUT2D eigenvalue weighted by Crippen LogP contribution is -2.33. The van der Waals surface area contributed by atoms with Crippen LogP contribution in [0.4, 0.5) is 11.4 Å². The molecule has 0 radical (unpaired) electrons. The molecule has 0 N–H and O–H groups in total. The molecule has 0 spiro atoms. The van der Waals surface area contributed by atoms with Gasteiger partial charge >= 0.3 is 0 Å². The van der Waals surface area contributed by atoms with Crippen molar-refractivity contribution >= 4 is 54.3 Å². The standard InChI is InChI=1S/C23H26IN4PS/c1-25-11-13-27-17-7-5-9-19(16(17)15-21(25)27)30(3,4)20-10-6-8-18-22(20)29(24)23-26(2)12-14-28(18)23/h5-14,21,23H,15H2,1-4H3. The number of hydrogen-bond acceptors (Lipinski definition) is 4. The molecule has 3 unspecified atom stereocenters. The maximum Gasteiger partial charge on any atom is 0.138 e. The Morgan fingerprint density at radius 1 is 0.867 bits per heavy atom. The fourth-order valence-electron chi connectivity index (χ4n) is 5.30. The van der Waals surface area contributed by atoms with Gasteiger partial charge in [0.15, 0.2) is 0 Å². The molecule has 0 aromatic heterocycles. The average molecular weight is 548 g/mol. The molecule has 0 saturated carbocycles. The van der Waals surface area contributed by atoms with Gasteiger partial charge in [-0.05, 0) is 69.3 Å². The second-order valence-corrected chi connectivity index (χ2v) is 17.0. The lowest BCUT2D eigenvalue weighted by molar-refractivity contribution is 0.368. The molecule has 0 bridgehead atoms. The molecule has 3 atom stereocenters. The fourth-order valence-corrected chi connectivity index (χ4v) is 14.5. The summed E-state index contributed by atoms with van der Waals surface area (Å²) in [4.78, 5) is 12.8. The normalized spacial score (nSPS) is 26.4. The van der Waals surface area contributed by atoms with Crippen LogP contribution in [0.1, 0.15) is 5.56 Å². The van der Waals surface area contributed by atoms with E-state index in [9.17, 15) is 0 Å². The van der Waals surface area contributed by atoms with E-state index < -0.39 is 10.0 Å². The number of fused-ring (bicyclic) bond motifs is 6. The van der Waals surface area contributed by atoms with Crippen LogP contribution in [-0.2, 0) is 6.42 Å². The largest absolute Gasteiger partial charge is 0.358 e. The van der Waals surface area contributed by atoms with E-state index in [1.165, 1.54) is 11.4 Å². The summed E-state index contributed by atoms with van der Waals surface area (Å²) in [7, 11) is 3.25. The van der Waals surface area contributed by atoms with Crippen molar-refractivity contribution in [2.24, 2.45) is 0 Å². The van der Waals surface area contributed by atoms with Crippen molar-refractivity contribution in [1.82, 2.24) is 9.80 Å². The van der Waals surface area contributed by atoms with Crippen molar-refractivity contribution in [3.8, 4) is 0 Å². The zero-order chi connectivity index (χ0) is 20.8. The molecule has 4 heterocycles. The SMILES string of the molecule is CN1C=CN2c3cccc(S(C)(C)c4cccc5c4P(I)C4N(C)C=CN54)c3CC12. The molecule has 0 fully saturated rings. The van der Waals surface area contributed by atoms with Gasteiger partial charge in [0.1, 0.15) is 12.1 Å². The third-order valence-electron chi connectivity index (χ3n) is 6.87. The molecule has 2 aromatic rings. The lowest BCUT2D eigenvalue weighted by Gasteiger charge is -2.36. The van der Waals surface area contributed by atoms with Gasteiger partial charge in [0, 0.05) is 66.8 Å². The van der Waals surface area contributed by atoms with Gasteiger partial charge < -0.3 is 19.6 Å². The van der Waals surface area contributed by atoms with E-state index in [2.05, 4.69) is 129 Å². The summed E-state index contributed by atoms with van der Waals surface area (Å²) >= 11 is 2.73. The minimum atomic E-state index is -1.15. The Morgan fingerprint density at radius 2 is 1.53 bits per heavy atom. The number of benzene rings is 2. The van der Waals surface area contributed by atoms with Crippen molar-refractivity contribution in [2.75, 3.05) is 36.4 Å². The number of rotatable bonds is 2. The van der Waals surface area contributed by atoms with E-state index >= 15 is 0 Å². The first kappa shape index (κ1) is 19.3. The zero-order valence-corrected chi connectivity index (χ0v) is 21.5. The highest BCUT2D eigenvalue weighted by Gasteiger charge is 2.44. The van der Waals surface area contributed by atoms with Crippen LogP contribution in [0.25, 0.3) is 0 Å². The minimum absolute atomic E-state index is 0.308. The molecule has 156 valence electrons. The number of nitrogens with zero attached hydrogens (tertiary/aromatic N) is 4. The summed E-state index contributed by atoms with van der Waals surface area (Å²) < 4.78 is 0. The van der Waals surface area contributed by atoms with Gasteiger partial charge in [0.05, 0.1) is 5.69 Å². The Bertz CT molecular complexity index is 1120. The highest BCUT2D eigenvalue weighted by Crippen LogP contribution is 2.67. The van der Waals surface area contributed by atoms with E-state index in [1.807, 2.05) is 0 Å². The quantitative estimate of drug-likeness (QED) is 0.376. The summed E-state index contributed by atoms with van der Waals surface area (Å²) in [5.41, 5.74) is 4.04. The monoisotopic (exact) mass is 548 g/mol. The summed E-state index contributed by atoms with van der Waals surface area (Å²) in [5.74, 6) is 0.456. The predicted octanol–water partition coefficient (Wildman–Crippen LogP) is 5.25. The second kappa shape index (κ2) is 6.57. The Morgan fingerprint density at radius 3 is 2.33 bits per heavy atom. The molecule has 2 aromatic carbocycles. The number of halogens is 1. The fraction of sp³-hybridized carbons (Fsp3) is 0.304. The van der Waals surface area contributed by atoms with Crippen LogP contribution in [0.3, 0.4) is 0 Å². The Balaban J connectivity index is 1.49. The van der Waals surface area contributed by atoms with Gasteiger partial charge in [-0.15, -0.1) is 0 Å². The predicted molar refractivity (Wildman–Crippen MR) is 139 cm³/mol. The third kappa shape index (κ3) is 2.44. The molecule has 4 aliphatic rings. The molecule has 0 amide bonds. The highest BCUT2D eigenvalue weighted by atomic mass is 127.